The van der Waals surface area contributed by atoms with Gasteiger partial charge in [-0.3, -0.25) is 14.4 Å². The Kier molecular flexibility index (Phi) is 7.79. The Morgan fingerprint density at radius 3 is 2.74 bits per heavy atom. The van der Waals surface area contributed by atoms with Gasteiger partial charge >= 0.3 is 0 Å². The highest BCUT2D eigenvalue weighted by atomic mass is 32.1. The number of aromatic nitrogens is 2. The fraction of sp³-hybridized carbons (Fsp3) is 0.367. The first-order valence-corrected chi connectivity index (χ1v) is 14.7. The number of nitrogens with one attached hydrogen (secondary N) is 1. The molecule has 0 radical (unpaired) electrons. The molecule has 2 aromatic carbocycles. The standard InChI is InChI=1S/C30H31N5O6S/c1-18-13-24(33-41-18)30(38)34-10-4-9-31-28(36)22-16-35(29(37)20-5-3-6-23-27(20)42-17-32-23)15-21(22)19-7-8-25(39-2)26(14-19)40-12-11-34/h3,5-8,13-14,17,21-22H,4,9-12,15-16H2,1-2H3,(H,31,36)/t21-,22+/m1/s1. The van der Waals surface area contributed by atoms with E-state index in [1.165, 1.54) is 11.3 Å². The van der Waals surface area contributed by atoms with E-state index in [9.17, 15) is 14.4 Å². The monoisotopic (exact) mass is 589 g/mol. The number of benzene rings is 2. The van der Waals surface area contributed by atoms with Gasteiger partial charge in [0.05, 0.1) is 40.9 Å². The molecule has 2 bridgehead atoms. The fourth-order valence-electron chi connectivity index (χ4n) is 5.66. The molecule has 11 nitrogen and oxygen atoms in total. The smallest absolute Gasteiger partial charge is 0.276 e. The molecule has 1 N–H and O–H groups in total. The highest BCUT2D eigenvalue weighted by molar-refractivity contribution is 7.17. The van der Waals surface area contributed by atoms with E-state index in [1.54, 1.807) is 35.4 Å². The van der Waals surface area contributed by atoms with Gasteiger partial charge in [-0.2, -0.15) is 0 Å². The first-order chi connectivity index (χ1) is 20.4. The van der Waals surface area contributed by atoms with Crippen molar-refractivity contribution in [3.63, 3.8) is 0 Å². The van der Waals surface area contributed by atoms with Gasteiger partial charge in [-0.1, -0.05) is 17.3 Å². The van der Waals surface area contributed by atoms with E-state index in [-0.39, 0.29) is 42.5 Å². The number of carbonyl (C=O) groups is 3. The Morgan fingerprint density at radius 2 is 1.93 bits per heavy atom. The average molecular weight is 590 g/mol. The van der Waals surface area contributed by atoms with Gasteiger partial charge in [-0.25, -0.2) is 4.98 Å². The SMILES string of the molecule is COc1ccc2cc1OCCN(C(=O)c1cc(C)on1)CCCNC(=O)[C@H]1CN(C(=O)c3cccc4ncsc34)C[C@H]21. The number of likely N-dealkylation sites (tertiary alicyclic amines) is 1. The normalized spacial score (nSPS) is 19.5. The van der Waals surface area contributed by atoms with E-state index in [2.05, 4.69) is 15.5 Å². The summed E-state index contributed by atoms with van der Waals surface area (Å²) in [6.45, 7) is 3.71. The maximum Gasteiger partial charge on any atom is 0.276 e. The fourth-order valence-corrected chi connectivity index (χ4v) is 6.45. The predicted molar refractivity (Wildman–Crippen MR) is 155 cm³/mol. The Morgan fingerprint density at radius 1 is 1.07 bits per heavy atom. The van der Waals surface area contributed by atoms with Crippen LogP contribution in [0, 0.1) is 12.8 Å². The summed E-state index contributed by atoms with van der Waals surface area (Å²) < 4.78 is 17.6. The van der Waals surface area contributed by atoms with Gasteiger partial charge < -0.3 is 29.1 Å². The van der Waals surface area contributed by atoms with E-state index in [0.717, 1.165) is 15.8 Å². The van der Waals surface area contributed by atoms with Crippen molar-refractivity contribution in [3.05, 3.63) is 70.6 Å². The van der Waals surface area contributed by atoms with Crippen LogP contribution in [0.3, 0.4) is 0 Å². The molecule has 3 amide bonds. The molecule has 42 heavy (non-hydrogen) atoms. The molecular formula is C30H31N5O6S. The van der Waals surface area contributed by atoms with E-state index in [4.69, 9.17) is 14.0 Å². The number of rotatable bonds is 3. The van der Waals surface area contributed by atoms with Crippen molar-refractivity contribution in [1.29, 1.82) is 0 Å². The van der Waals surface area contributed by atoms with Crippen molar-refractivity contribution in [2.45, 2.75) is 19.3 Å². The van der Waals surface area contributed by atoms with Crippen LogP contribution in [-0.2, 0) is 4.79 Å². The minimum Gasteiger partial charge on any atom is -0.493 e. The van der Waals surface area contributed by atoms with Gasteiger partial charge in [0.25, 0.3) is 11.8 Å². The lowest BCUT2D eigenvalue weighted by Gasteiger charge is -2.24. The number of nitrogens with zero attached hydrogens (tertiary/aromatic N) is 4. The minimum absolute atomic E-state index is 0.120. The Labute approximate surface area is 246 Å². The summed E-state index contributed by atoms with van der Waals surface area (Å²) >= 11 is 1.43. The number of carbonyl (C=O) groups excluding carboxylic acids is 3. The lowest BCUT2D eigenvalue weighted by Crippen LogP contribution is -2.39. The molecule has 0 spiro atoms. The van der Waals surface area contributed by atoms with Crippen molar-refractivity contribution in [3.8, 4) is 11.5 Å². The lowest BCUT2D eigenvalue weighted by atomic mass is 9.88. The average Bonchev–Trinajstić information content (AvgIpc) is 3.76. The molecule has 1 saturated heterocycles. The topological polar surface area (TPSA) is 127 Å². The third-order valence-electron chi connectivity index (χ3n) is 7.80. The molecule has 1 fully saturated rings. The summed E-state index contributed by atoms with van der Waals surface area (Å²) in [7, 11) is 1.56. The minimum atomic E-state index is -0.463. The number of ether oxygens (including phenoxy) is 2. The van der Waals surface area contributed by atoms with E-state index in [1.807, 2.05) is 36.4 Å². The summed E-state index contributed by atoms with van der Waals surface area (Å²) in [5, 5.41) is 6.92. The largest absolute Gasteiger partial charge is 0.493 e. The van der Waals surface area contributed by atoms with Gasteiger partial charge in [-0.05, 0) is 43.2 Å². The second-order valence-electron chi connectivity index (χ2n) is 10.4. The number of thiazole rings is 1. The molecule has 2 aliphatic rings. The zero-order valence-corrected chi connectivity index (χ0v) is 24.2. The quantitative estimate of drug-likeness (QED) is 0.385. The first-order valence-electron chi connectivity index (χ1n) is 13.9. The summed E-state index contributed by atoms with van der Waals surface area (Å²) in [6, 6.07) is 12.7. The molecule has 0 unspecified atom stereocenters. The number of fused-ring (bicyclic) bond motifs is 5. The van der Waals surface area contributed by atoms with Crippen molar-refractivity contribution >= 4 is 39.3 Å². The van der Waals surface area contributed by atoms with Crippen molar-refractivity contribution in [2.24, 2.45) is 5.92 Å². The molecule has 2 atom stereocenters. The van der Waals surface area contributed by atoms with E-state index >= 15 is 0 Å². The molecule has 218 valence electrons. The van der Waals surface area contributed by atoms with Crippen molar-refractivity contribution in [1.82, 2.24) is 25.3 Å². The van der Waals surface area contributed by atoms with Crippen LogP contribution in [0.4, 0.5) is 0 Å². The first kappa shape index (κ1) is 27.7. The van der Waals surface area contributed by atoms with Crippen molar-refractivity contribution < 1.29 is 28.4 Å². The number of hydrogen-bond donors (Lipinski definition) is 1. The van der Waals surface area contributed by atoms with Crippen LogP contribution in [0.15, 0.2) is 52.5 Å². The zero-order chi connectivity index (χ0) is 29.2. The third kappa shape index (κ3) is 5.41. The summed E-state index contributed by atoms with van der Waals surface area (Å²) in [5.74, 6) is 0.379. The lowest BCUT2D eigenvalue weighted by molar-refractivity contribution is -0.124. The second-order valence-corrected chi connectivity index (χ2v) is 11.3. The summed E-state index contributed by atoms with van der Waals surface area (Å²) in [4.78, 5) is 48.2. The van der Waals surface area contributed by atoms with Crippen LogP contribution in [0.2, 0.25) is 0 Å². The Hall–Kier alpha value is -4.45. The van der Waals surface area contributed by atoms with Gasteiger partial charge in [0, 0.05) is 38.2 Å². The molecule has 2 aliphatic heterocycles. The summed E-state index contributed by atoms with van der Waals surface area (Å²) in [6.07, 6.45) is 0.538. The van der Waals surface area contributed by atoms with Crippen LogP contribution in [0.1, 0.15) is 44.5 Å². The maximum atomic E-state index is 13.7. The predicted octanol–water partition coefficient (Wildman–Crippen LogP) is 3.50. The van der Waals surface area contributed by atoms with Crippen LogP contribution in [-0.4, -0.2) is 84.1 Å². The highest BCUT2D eigenvalue weighted by Crippen LogP contribution is 2.39. The molecule has 4 aromatic rings. The van der Waals surface area contributed by atoms with E-state index in [0.29, 0.717) is 55.4 Å². The highest BCUT2D eigenvalue weighted by Gasteiger charge is 2.41. The second kappa shape index (κ2) is 11.8. The number of methoxy groups -OCH3 is 1. The van der Waals surface area contributed by atoms with Crippen LogP contribution < -0.4 is 14.8 Å². The van der Waals surface area contributed by atoms with Gasteiger partial charge in [0.1, 0.15) is 12.4 Å². The van der Waals surface area contributed by atoms with Crippen LogP contribution in [0.5, 0.6) is 11.5 Å². The Bertz CT molecular complexity index is 1630. The van der Waals surface area contributed by atoms with Gasteiger partial charge in [0.2, 0.25) is 5.91 Å². The zero-order valence-electron chi connectivity index (χ0n) is 23.4. The van der Waals surface area contributed by atoms with E-state index < -0.39 is 5.92 Å². The maximum absolute atomic E-state index is 13.7. The molecule has 12 heteroatoms. The van der Waals surface area contributed by atoms with Crippen molar-refractivity contribution in [2.75, 3.05) is 46.4 Å². The number of amides is 3. The van der Waals surface area contributed by atoms with Gasteiger partial charge in [0.15, 0.2) is 17.2 Å². The van der Waals surface area contributed by atoms with Crippen LogP contribution in [0.25, 0.3) is 10.2 Å². The summed E-state index contributed by atoms with van der Waals surface area (Å²) in [5.41, 5.74) is 4.21. The van der Waals surface area contributed by atoms with Gasteiger partial charge in [-0.15, -0.1) is 11.3 Å². The molecule has 2 aromatic heterocycles. The molecular weight excluding hydrogens is 558 g/mol. The molecule has 4 heterocycles. The number of aryl methyl sites for hydroxylation is 1. The molecule has 6 rings (SSSR count). The third-order valence-corrected chi connectivity index (χ3v) is 8.68. The molecule has 0 saturated carbocycles. The Balaban J connectivity index is 1.27. The molecule has 0 aliphatic carbocycles. The number of hydrogen-bond acceptors (Lipinski definition) is 9. The van der Waals surface area contributed by atoms with Crippen LogP contribution >= 0.6 is 11.3 Å².